The van der Waals surface area contributed by atoms with Crippen molar-refractivity contribution < 1.29 is 23.6 Å². The average molecular weight is 409 g/mol. The smallest absolute Gasteiger partial charge is 0.410 e. The van der Waals surface area contributed by atoms with E-state index in [1.807, 2.05) is 0 Å². The minimum atomic E-state index is -0.767. The van der Waals surface area contributed by atoms with Crippen molar-refractivity contribution in [3.8, 4) is 0 Å². The van der Waals surface area contributed by atoms with Gasteiger partial charge in [0.15, 0.2) is 0 Å². The number of hydrogen-bond donors (Lipinski definition) is 0. The molecule has 2 amide bonds. The number of nitro benzene ring substituents is 1. The molecule has 0 spiro atoms. The fourth-order valence-corrected chi connectivity index (χ4v) is 3.28. The Kier molecular flexibility index (Phi) is 6.81. The molecule has 0 radical (unpaired) electrons. The molecule has 1 aromatic rings. The first-order valence-corrected chi connectivity index (χ1v) is 9.57. The van der Waals surface area contributed by atoms with Gasteiger partial charge in [-0.05, 0) is 52.5 Å². The highest BCUT2D eigenvalue weighted by Gasteiger charge is 2.28. The van der Waals surface area contributed by atoms with Crippen LogP contribution < -0.4 is 0 Å². The maximum atomic E-state index is 14.0. The molecule has 160 valence electrons. The Labute approximate surface area is 169 Å². The number of nitrogens with zero attached hydrogens (tertiary/aromatic N) is 3. The van der Waals surface area contributed by atoms with Crippen LogP contribution in [0.2, 0.25) is 0 Å². The van der Waals surface area contributed by atoms with Gasteiger partial charge in [-0.2, -0.15) is 0 Å². The second kappa shape index (κ2) is 8.75. The van der Waals surface area contributed by atoms with Crippen LogP contribution in [0.3, 0.4) is 0 Å². The lowest BCUT2D eigenvalue weighted by atomic mass is 9.95. The third-order valence-electron chi connectivity index (χ3n) is 4.90. The third kappa shape index (κ3) is 5.88. The van der Waals surface area contributed by atoms with Crippen LogP contribution in [0.5, 0.6) is 0 Å². The molecule has 1 aliphatic rings. The molecule has 0 aromatic heterocycles. The molecule has 9 heteroatoms. The number of nitro groups is 1. The summed E-state index contributed by atoms with van der Waals surface area (Å²) < 4.78 is 19.3. The molecule has 1 aromatic carbocycles. The molecule has 0 atom stereocenters. The van der Waals surface area contributed by atoms with Crippen molar-refractivity contribution in [2.75, 3.05) is 26.7 Å². The number of piperidine rings is 1. The molecule has 0 aliphatic carbocycles. The monoisotopic (exact) mass is 409 g/mol. The lowest BCUT2D eigenvalue weighted by molar-refractivity contribution is -0.385. The van der Waals surface area contributed by atoms with E-state index < -0.39 is 34.0 Å². The van der Waals surface area contributed by atoms with Crippen LogP contribution in [0, 0.1) is 28.8 Å². The van der Waals surface area contributed by atoms with Gasteiger partial charge in [-0.15, -0.1) is 0 Å². The Morgan fingerprint density at radius 3 is 2.41 bits per heavy atom. The average Bonchev–Trinajstić information content (AvgIpc) is 2.62. The van der Waals surface area contributed by atoms with Crippen molar-refractivity contribution in [1.82, 2.24) is 9.80 Å². The van der Waals surface area contributed by atoms with E-state index in [1.165, 1.54) is 11.8 Å². The van der Waals surface area contributed by atoms with E-state index >= 15 is 0 Å². The summed E-state index contributed by atoms with van der Waals surface area (Å²) >= 11 is 0. The highest BCUT2D eigenvalue weighted by Crippen LogP contribution is 2.26. The molecule has 0 N–H and O–H groups in total. The number of carbonyl (C=O) groups excluding carboxylic acids is 2. The van der Waals surface area contributed by atoms with Gasteiger partial charge >= 0.3 is 6.09 Å². The lowest BCUT2D eigenvalue weighted by Gasteiger charge is -2.34. The lowest BCUT2D eigenvalue weighted by Crippen LogP contribution is -2.43. The topological polar surface area (TPSA) is 93.0 Å². The molecule has 8 nitrogen and oxygen atoms in total. The summed E-state index contributed by atoms with van der Waals surface area (Å²) in [4.78, 5) is 38.3. The first-order valence-electron chi connectivity index (χ1n) is 9.57. The molecule has 0 unspecified atom stereocenters. The van der Waals surface area contributed by atoms with E-state index in [0.717, 1.165) is 12.1 Å². The number of hydrogen-bond acceptors (Lipinski definition) is 5. The van der Waals surface area contributed by atoms with Crippen LogP contribution >= 0.6 is 0 Å². The van der Waals surface area contributed by atoms with E-state index in [2.05, 4.69) is 0 Å². The number of halogens is 1. The maximum Gasteiger partial charge on any atom is 0.410 e. The molecular formula is C20H28FN3O5. The van der Waals surface area contributed by atoms with Gasteiger partial charge in [-0.25, -0.2) is 9.18 Å². The van der Waals surface area contributed by atoms with Crippen LogP contribution in [-0.4, -0.2) is 59.0 Å². The van der Waals surface area contributed by atoms with Crippen molar-refractivity contribution in [3.63, 3.8) is 0 Å². The molecular weight excluding hydrogens is 381 g/mol. The van der Waals surface area contributed by atoms with Gasteiger partial charge in [-0.3, -0.25) is 14.9 Å². The molecule has 2 rings (SSSR count). The van der Waals surface area contributed by atoms with Gasteiger partial charge in [0.25, 0.3) is 11.6 Å². The van der Waals surface area contributed by atoms with Crippen LogP contribution in [0.4, 0.5) is 14.9 Å². The zero-order chi connectivity index (χ0) is 21.9. The van der Waals surface area contributed by atoms with Crippen LogP contribution in [0.25, 0.3) is 0 Å². The van der Waals surface area contributed by atoms with E-state index in [0.29, 0.717) is 32.5 Å². The number of benzene rings is 1. The Balaban J connectivity index is 1.96. The summed E-state index contributed by atoms with van der Waals surface area (Å²) in [5.74, 6) is -0.983. The summed E-state index contributed by atoms with van der Waals surface area (Å²) in [7, 11) is 1.68. The molecule has 1 aliphatic heterocycles. The largest absolute Gasteiger partial charge is 0.444 e. The fraction of sp³-hybridized carbons (Fsp3) is 0.600. The highest BCUT2D eigenvalue weighted by molar-refractivity contribution is 5.95. The summed E-state index contributed by atoms with van der Waals surface area (Å²) in [5.41, 5.74) is -1.07. The molecule has 1 heterocycles. The second-order valence-corrected chi connectivity index (χ2v) is 8.46. The fourth-order valence-electron chi connectivity index (χ4n) is 3.28. The number of carbonyl (C=O) groups is 2. The third-order valence-corrected chi connectivity index (χ3v) is 4.90. The SMILES string of the molecule is Cc1c(F)cc(C(=O)N2CCC(CN(C)C(=O)OC(C)(C)C)CC2)cc1[N+](=O)[O-]. The van der Waals surface area contributed by atoms with E-state index in [1.54, 1.807) is 32.7 Å². The number of amides is 2. The van der Waals surface area contributed by atoms with Crippen LogP contribution in [0.1, 0.15) is 49.5 Å². The number of likely N-dealkylation sites (tertiary alicyclic amines) is 1. The first kappa shape index (κ1) is 22.6. The van der Waals surface area contributed by atoms with Crippen molar-refractivity contribution in [1.29, 1.82) is 0 Å². The first-order chi connectivity index (χ1) is 13.4. The molecule has 1 saturated heterocycles. The van der Waals surface area contributed by atoms with Crippen LogP contribution in [0.15, 0.2) is 12.1 Å². The zero-order valence-electron chi connectivity index (χ0n) is 17.5. The predicted molar refractivity (Wildman–Crippen MR) is 105 cm³/mol. The number of ether oxygens (including phenoxy) is 1. The van der Waals surface area contributed by atoms with E-state index in [4.69, 9.17) is 4.74 Å². The zero-order valence-corrected chi connectivity index (χ0v) is 17.5. The van der Waals surface area contributed by atoms with Gasteiger partial charge in [0.05, 0.1) is 10.5 Å². The van der Waals surface area contributed by atoms with Gasteiger partial charge in [0.2, 0.25) is 0 Å². The van der Waals surface area contributed by atoms with Crippen molar-refractivity contribution in [3.05, 3.63) is 39.2 Å². The van der Waals surface area contributed by atoms with Crippen LogP contribution in [-0.2, 0) is 4.74 Å². The van der Waals surface area contributed by atoms with E-state index in [9.17, 15) is 24.1 Å². The quantitative estimate of drug-likeness (QED) is 0.558. The number of rotatable bonds is 4. The minimum Gasteiger partial charge on any atom is -0.444 e. The Morgan fingerprint density at radius 2 is 1.90 bits per heavy atom. The summed E-state index contributed by atoms with van der Waals surface area (Å²) in [6.45, 7) is 8.13. The molecule has 1 fully saturated rings. The Bertz CT molecular complexity index is 798. The molecule has 0 saturated carbocycles. The Morgan fingerprint density at radius 1 is 1.31 bits per heavy atom. The molecule has 0 bridgehead atoms. The normalized spacial score (nSPS) is 15.2. The van der Waals surface area contributed by atoms with Crippen molar-refractivity contribution in [2.45, 2.75) is 46.1 Å². The van der Waals surface area contributed by atoms with Gasteiger partial charge in [-0.1, -0.05) is 0 Å². The standard InChI is InChI=1S/C20H28FN3O5/c1-13-16(21)10-15(11-17(13)24(27)28)18(25)23-8-6-14(7-9-23)12-22(5)19(26)29-20(2,3)4/h10-11,14H,6-9,12H2,1-5H3. The molecule has 29 heavy (non-hydrogen) atoms. The van der Waals surface area contributed by atoms with E-state index in [-0.39, 0.29) is 17.0 Å². The van der Waals surface area contributed by atoms with Gasteiger partial charge < -0.3 is 14.5 Å². The van der Waals surface area contributed by atoms with Crippen molar-refractivity contribution in [2.24, 2.45) is 5.92 Å². The van der Waals surface area contributed by atoms with Gasteiger partial charge in [0.1, 0.15) is 11.4 Å². The predicted octanol–water partition coefficient (Wildman–Crippen LogP) is 3.76. The highest BCUT2D eigenvalue weighted by atomic mass is 19.1. The summed E-state index contributed by atoms with van der Waals surface area (Å²) in [6.07, 6.45) is 0.961. The summed E-state index contributed by atoms with van der Waals surface area (Å²) in [6, 6.07) is 2.18. The van der Waals surface area contributed by atoms with Crippen molar-refractivity contribution >= 4 is 17.7 Å². The maximum absolute atomic E-state index is 14.0. The Hall–Kier alpha value is -2.71. The second-order valence-electron chi connectivity index (χ2n) is 8.46. The van der Waals surface area contributed by atoms with Gasteiger partial charge in [0, 0.05) is 38.3 Å². The minimum absolute atomic E-state index is 0.0240. The summed E-state index contributed by atoms with van der Waals surface area (Å²) in [5, 5.41) is 11.1.